The molecule has 0 atom stereocenters. The first-order chi connectivity index (χ1) is 6.32. The molecule has 1 aliphatic rings. The number of alkyl halides is 3. The Balaban J connectivity index is 2.97. The van der Waals surface area contributed by atoms with Crippen molar-refractivity contribution in [3.8, 4) is 0 Å². The van der Waals surface area contributed by atoms with Crippen molar-refractivity contribution >= 4 is 0 Å². The largest absolute Gasteiger partial charge is 0.417 e. The standard InChI is InChI=1S/C9H11F3N2/c1-7-4-5-8(9(10,11)12)6-14(7)13(2)3/h4-6H,1H2,2-3H3. The van der Waals surface area contributed by atoms with Gasteiger partial charge in [0, 0.05) is 20.3 Å². The summed E-state index contributed by atoms with van der Waals surface area (Å²) in [6.07, 6.45) is -0.945. The molecule has 0 bridgehead atoms. The summed E-state index contributed by atoms with van der Waals surface area (Å²) >= 11 is 0. The smallest absolute Gasteiger partial charge is 0.282 e. The van der Waals surface area contributed by atoms with Crippen LogP contribution >= 0.6 is 0 Å². The maximum Gasteiger partial charge on any atom is 0.417 e. The summed E-state index contributed by atoms with van der Waals surface area (Å²) in [4.78, 5) is 0. The molecule has 2 nitrogen and oxygen atoms in total. The van der Waals surface area contributed by atoms with Gasteiger partial charge in [0.1, 0.15) is 0 Å². The molecular formula is C9H11F3N2. The fourth-order valence-corrected chi connectivity index (χ4v) is 1.06. The number of hydrogen-bond acceptors (Lipinski definition) is 2. The van der Waals surface area contributed by atoms with E-state index in [9.17, 15) is 13.2 Å². The topological polar surface area (TPSA) is 6.48 Å². The zero-order valence-corrected chi connectivity index (χ0v) is 7.97. The monoisotopic (exact) mass is 204 g/mol. The van der Waals surface area contributed by atoms with E-state index >= 15 is 0 Å². The third kappa shape index (κ3) is 2.17. The molecule has 0 saturated heterocycles. The second-order valence-electron chi connectivity index (χ2n) is 3.10. The van der Waals surface area contributed by atoms with Gasteiger partial charge in [-0.05, 0) is 12.2 Å². The molecule has 78 valence electrons. The third-order valence-electron chi connectivity index (χ3n) is 1.77. The lowest BCUT2D eigenvalue weighted by Gasteiger charge is -2.31. The zero-order chi connectivity index (χ0) is 10.9. The van der Waals surface area contributed by atoms with Gasteiger partial charge in [-0.2, -0.15) is 13.2 Å². The quantitative estimate of drug-likeness (QED) is 0.646. The van der Waals surface area contributed by atoms with Crippen LogP contribution in [0.3, 0.4) is 0 Å². The van der Waals surface area contributed by atoms with Crippen LogP contribution in [0.25, 0.3) is 0 Å². The summed E-state index contributed by atoms with van der Waals surface area (Å²) in [5.41, 5.74) is -0.179. The average Bonchev–Trinajstić information content (AvgIpc) is 2.02. The van der Waals surface area contributed by atoms with Gasteiger partial charge in [0.15, 0.2) is 0 Å². The highest BCUT2D eigenvalue weighted by molar-refractivity contribution is 5.34. The molecule has 1 rings (SSSR count). The van der Waals surface area contributed by atoms with Gasteiger partial charge in [-0.25, -0.2) is 5.01 Å². The summed E-state index contributed by atoms with van der Waals surface area (Å²) in [6.45, 7) is 3.62. The lowest BCUT2D eigenvalue weighted by atomic mass is 10.2. The van der Waals surface area contributed by atoms with Crippen LogP contribution in [0.1, 0.15) is 0 Å². The Morgan fingerprint density at radius 1 is 1.29 bits per heavy atom. The first-order valence-electron chi connectivity index (χ1n) is 3.95. The summed E-state index contributed by atoms with van der Waals surface area (Å²) in [7, 11) is 3.30. The van der Waals surface area contributed by atoms with Crippen molar-refractivity contribution in [3.63, 3.8) is 0 Å². The minimum atomic E-state index is -4.31. The number of hydrogen-bond donors (Lipinski definition) is 0. The van der Waals surface area contributed by atoms with E-state index in [-0.39, 0.29) is 0 Å². The highest BCUT2D eigenvalue weighted by Crippen LogP contribution is 2.30. The fourth-order valence-electron chi connectivity index (χ4n) is 1.06. The SMILES string of the molecule is C=C1C=CC(C(F)(F)F)=CN1N(C)C. The van der Waals surface area contributed by atoms with Crippen molar-refractivity contribution in [1.82, 2.24) is 10.0 Å². The van der Waals surface area contributed by atoms with Gasteiger partial charge < -0.3 is 0 Å². The van der Waals surface area contributed by atoms with E-state index in [1.54, 1.807) is 14.1 Å². The molecule has 14 heavy (non-hydrogen) atoms. The molecule has 0 aromatic rings. The Labute approximate surface area is 80.6 Å². The van der Waals surface area contributed by atoms with E-state index in [0.717, 1.165) is 12.3 Å². The van der Waals surface area contributed by atoms with Crippen LogP contribution in [-0.2, 0) is 0 Å². The van der Waals surface area contributed by atoms with E-state index in [0.29, 0.717) is 5.70 Å². The van der Waals surface area contributed by atoms with Crippen LogP contribution in [0, 0.1) is 0 Å². The number of hydrazine groups is 1. The molecule has 0 saturated carbocycles. The molecule has 0 unspecified atom stereocenters. The van der Waals surface area contributed by atoms with Gasteiger partial charge in [-0.1, -0.05) is 6.58 Å². The van der Waals surface area contributed by atoms with E-state index < -0.39 is 11.7 Å². The fraction of sp³-hybridized carbons (Fsp3) is 0.333. The Bertz CT molecular complexity index is 300. The molecule has 0 aromatic heterocycles. The summed E-state index contributed by atoms with van der Waals surface area (Å²) < 4.78 is 36.9. The Morgan fingerprint density at radius 3 is 2.29 bits per heavy atom. The van der Waals surface area contributed by atoms with Gasteiger partial charge in [0.25, 0.3) is 0 Å². The van der Waals surface area contributed by atoms with E-state index in [1.165, 1.54) is 16.1 Å². The molecule has 0 fully saturated rings. The first-order valence-corrected chi connectivity index (χ1v) is 3.95. The molecule has 0 N–H and O–H groups in total. The van der Waals surface area contributed by atoms with Gasteiger partial charge in [0.2, 0.25) is 0 Å². The Kier molecular flexibility index (Phi) is 2.71. The number of nitrogens with zero attached hydrogens (tertiary/aromatic N) is 2. The van der Waals surface area contributed by atoms with E-state index in [2.05, 4.69) is 6.58 Å². The van der Waals surface area contributed by atoms with Gasteiger partial charge in [0.05, 0.1) is 11.3 Å². The van der Waals surface area contributed by atoms with Gasteiger partial charge >= 0.3 is 6.18 Å². The average molecular weight is 204 g/mol. The molecule has 0 aliphatic carbocycles. The second-order valence-corrected chi connectivity index (χ2v) is 3.10. The maximum absolute atomic E-state index is 12.3. The molecule has 0 aromatic carbocycles. The minimum Gasteiger partial charge on any atom is -0.282 e. The molecule has 5 heteroatoms. The number of allylic oxidation sites excluding steroid dienone is 3. The molecule has 1 aliphatic heterocycles. The van der Waals surface area contributed by atoms with Crippen LogP contribution in [-0.4, -0.2) is 30.3 Å². The minimum absolute atomic E-state index is 0.503. The van der Waals surface area contributed by atoms with Crippen molar-refractivity contribution in [2.45, 2.75) is 6.18 Å². The number of halogens is 3. The van der Waals surface area contributed by atoms with Crippen molar-refractivity contribution in [2.75, 3.05) is 14.1 Å². The molecule has 1 heterocycles. The second kappa shape index (κ2) is 3.49. The lowest BCUT2D eigenvalue weighted by molar-refractivity contribution is -0.0905. The Hall–Kier alpha value is -1.23. The summed E-state index contributed by atoms with van der Waals surface area (Å²) in [5.74, 6) is 0. The maximum atomic E-state index is 12.3. The first kappa shape index (κ1) is 10.8. The highest BCUT2D eigenvalue weighted by atomic mass is 19.4. The predicted molar refractivity (Wildman–Crippen MR) is 47.9 cm³/mol. The van der Waals surface area contributed by atoms with Crippen LogP contribution in [0.5, 0.6) is 0 Å². The van der Waals surface area contributed by atoms with Crippen LogP contribution in [0.15, 0.2) is 36.2 Å². The normalized spacial score (nSPS) is 17.7. The van der Waals surface area contributed by atoms with Crippen LogP contribution < -0.4 is 0 Å². The van der Waals surface area contributed by atoms with Gasteiger partial charge in [-0.15, -0.1) is 0 Å². The molecular weight excluding hydrogens is 193 g/mol. The number of rotatable bonds is 1. The summed E-state index contributed by atoms with van der Waals surface area (Å²) in [5, 5.41) is 2.86. The molecule has 0 amide bonds. The van der Waals surface area contributed by atoms with Crippen molar-refractivity contribution in [3.05, 3.63) is 36.2 Å². The van der Waals surface area contributed by atoms with Crippen molar-refractivity contribution in [1.29, 1.82) is 0 Å². The zero-order valence-electron chi connectivity index (χ0n) is 7.97. The predicted octanol–water partition coefficient (Wildman–Crippen LogP) is 2.29. The highest BCUT2D eigenvalue weighted by Gasteiger charge is 2.34. The van der Waals surface area contributed by atoms with Crippen molar-refractivity contribution in [2.24, 2.45) is 0 Å². The lowest BCUT2D eigenvalue weighted by Crippen LogP contribution is -2.33. The van der Waals surface area contributed by atoms with Gasteiger partial charge in [-0.3, -0.25) is 5.01 Å². The van der Waals surface area contributed by atoms with Crippen LogP contribution in [0.2, 0.25) is 0 Å². The summed E-state index contributed by atoms with van der Waals surface area (Å²) in [6, 6.07) is 0. The Morgan fingerprint density at radius 2 is 1.86 bits per heavy atom. The van der Waals surface area contributed by atoms with Crippen molar-refractivity contribution < 1.29 is 13.2 Å². The molecule has 0 spiro atoms. The van der Waals surface area contributed by atoms with E-state index in [4.69, 9.17) is 0 Å². The van der Waals surface area contributed by atoms with E-state index in [1.807, 2.05) is 0 Å². The van der Waals surface area contributed by atoms with Crippen LogP contribution in [0.4, 0.5) is 13.2 Å². The third-order valence-corrected chi connectivity index (χ3v) is 1.77. The molecule has 0 radical (unpaired) electrons.